The van der Waals surface area contributed by atoms with Gasteiger partial charge >= 0.3 is 0 Å². The summed E-state index contributed by atoms with van der Waals surface area (Å²) in [5.74, 6) is 1.04. The van der Waals surface area contributed by atoms with Crippen LogP contribution in [-0.2, 0) is 11.3 Å². The van der Waals surface area contributed by atoms with Crippen molar-refractivity contribution in [1.29, 1.82) is 0 Å². The summed E-state index contributed by atoms with van der Waals surface area (Å²) in [6.45, 7) is 3.65. The normalized spacial score (nSPS) is 22.9. The molecule has 0 aliphatic carbocycles. The third kappa shape index (κ3) is 2.45. The van der Waals surface area contributed by atoms with Gasteiger partial charge in [0.2, 0.25) is 5.91 Å². The Labute approximate surface area is 119 Å². The Morgan fingerprint density at radius 3 is 3.00 bits per heavy atom. The maximum absolute atomic E-state index is 11.7. The van der Waals surface area contributed by atoms with Crippen LogP contribution < -0.4 is 10.5 Å². The Kier molecular flexibility index (Phi) is 3.53. The van der Waals surface area contributed by atoms with Crippen LogP contribution in [0.5, 0.6) is 5.75 Å². The van der Waals surface area contributed by atoms with E-state index in [2.05, 4.69) is 11.0 Å². The maximum Gasteiger partial charge on any atom is 0.222 e. The SMILES string of the molecule is COc1ccc(CN2CCN3C(=O)CCC3C2)cc1N. The number of nitrogens with two attached hydrogens (primary N) is 1. The van der Waals surface area contributed by atoms with E-state index >= 15 is 0 Å². The van der Waals surface area contributed by atoms with E-state index in [1.165, 1.54) is 5.56 Å². The van der Waals surface area contributed by atoms with E-state index in [-0.39, 0.29) is 0 Å². The van der Waals surface area contributed by atoms with Crippen molar-refractivity contribution in [1.82, 2.24) is 9.80 Å². The van der Waals surface area contributed by atoms with Crippen LogP contribution in [0.25, 0.3) is 0 Å². The van der Waals surface area contributed by atoms with Gasteiger partial charge in [-0.05, 0) is 24.1 Å². The fraction of sp³-hybridized carbons (Fsp3) is 0.533. The van der Waals surface area contributed by atoms with Crippen molar-refractivity contribution >= 4 is 11.6 Å². The van der Waals surface area contributed by atoms with Crippen LogP contribution in [0, 0.1) is 0 Å². The van der Waals surface area contributed by atoms with Gasteiger partial charge < -0.3 is 15.4 Å². The van der Waals surface area contributed by atoms with E-state index < -0.39 is 0 Å². The molecule has 0 spiro atoms. The summed E-state index contributed by atoms with van der Waals surface area (Å²) in [6, 6.07) is 6.36. The second-order valence-electron chi connectivity index (χ2n) is 5.59. The van der Waals surface area contributed by atoms with Crippen molar-refractivity contribution in [3.05, 3.63) is 23.8 Å². The Balaban J connectivity index is 1.64. The van der Waals surface area contributed by atoms with Gasteiger partial charge in [-0.15, -0.1) is 0 Å². The van der Waals surface area contributed by atoms with Crippen LogP contribution in [0.15, 0.2) is 18.2 Å². The summed E-state index contributed by atoms with van der Waals surface area (Å²) in [4.78, 5) is 16.1. The number of carbonyl (C=O) groups excluding carboxylic acids is 1. The Morgan fingerprint density at radius 1 is 1.40 bits per heavy atom. The molecule has 2 N–H and O–H groups in total. The highest BCUT2D eigenvalue weighted by atomic mass is 16.5. The predicted octanol–water partition coefficient (Wildman–Crippen LogP) is 1.08. The molecule has 0 saturated carbocycles. The Morgan fingerprint density at radius 2 is 2.25 bits per heavy atom. The van der Waals surface area contributed by atoms with E-state index in [4.69, 9.17) is 10.5 Å². The first-order valence-corrected chi connectivity index (χ1v) is 7.11. The smallest absolute Gasteiger partial charge is 0.222 e. The number of rotatable bonds is 3. The minimum Gasteiger partial charge on any atom is -0.495 e. The van der Waals surface area contributed by atoms with Crippen LogP contribution in [0.4, 0.5) is 5.69 Å². The fourth-order valence-electron chi connectivity index (χ4n) is 3.21. The monoisotopic (exact) mass is 275 g/mol. The molecule has 5 nitrogen and oxygen atoms in total. The molecule has 2 aliphatic rings. The van der Waals surface area contributed by atoms with Crippen LogP contribution in [-0.4, -0.2) is 48.5 Å². The van der Waals surface area contributed by atoms with Crippen molar-refractivity contribution in [2.75, 3.05) is 32.5 Å². The molecular weight excluding hydrogens is 254 g/mol. The second-order valence-corrected chi connectivity index (χ2v) is 5.59. The van der Waals surface area contributed by atoms with E-state index in [9.17, 15) is 4.79 Å². The maximum atomic E-state index is 11.7. The zero-order valence-corrected chi connectivity index (χ0v) is 11.8. The minimum atomic E-state index is 0.323. The molecule has 1 aromatic carbocycles. The molecule has 1 unspecified atom stereocenters. The van der Waals surface area contributed by atoms with Gasteiger partial charge in [-0.1, -0.05) is 6.07 Å². The molecule has 0 aromatic heterocycles. The van der Waals surface area contributed by atoms with Gasteiger partial charge in [0.1, 0.15) is 5.75 Å². The lowest BCUT2D eigenvalue weighted by Crippen LogP contribution is -2.50. The summed E-state index contributed by atoms with van der Waals surface area (Å²) in [5, 5.41) is 0. The van der Waals surface area contributed by atoms with Crippen LogP contribution in [0.3, 0.4) is 0 Å². The third-order valence-corrected chi connectivity index (χ3v) is 4.28. The van der Waals surface area contributed by atoms with E-state index in [1.54, 1.807) is 7.11 Å². The zero-order chi connectivity index (χ0) is 14.1. The average molecular weight is 275 g/mol. The summed E-state index contributed by atoms with van der Waals surface area (Å²) in [6.07, 6.45) is 1.72. The van der Waals surface area contributed by atoms with Gasteiger partial charge in [-0.3, -0.25) is 9.69 Å². The molecule has 1 atom stereocenters. The number of hydrogen-bond donors (Lipinski definition) is 1. The molecule has 2 saturated heterocycles. The van der Waals surface area contributed by atoms with E-state index in [0.29, 0.717) is 24.1 Å². The highest BCUT2D eigenvalue weighted by molar-refractivity contribution is 5.78. The highest BCUT2D eigenvalue weighted by Gasteiger charge is 2.35. The standard InChI is InChI=1S/C15H21N3O2/c1-20-14-4-2-11(8-13(14)16)9-17-6-7-18-12(10-17)3-5-15(18)19/h2,4,8,12H,3,5-7,9-10,16H2,1H3. The van der Waals surface area contributed by atoms with Crippen molar-refractivity contribution in [2.45, 2.75) is 25.4 Å². The summed E-state index contributed by atoms with van der Waals surface area (Å²) >= 11 is 0. The minimum absolute atomic E-state index is 0.323. The fourth-order valence-corrected chi connectivity index (χ4v) is 3.21. The molecule has 0 bridgehead atoms. The number of ether oxygens (including phenoxy) is 1. The number of anilines is 1. The molecule has 2 heterocycles. The number of hydrogen-bond acceptors (Lipinski definition) is 4. The molecule has 3 rings (SSSR count). The van der Waals surface area contributed by atoms with Gasteiger partial charge in [-0.2, -0.15) is 0 Å². The Bertz CT molecular complexity index is 518. The molecule has 2 fully saturated rings. The van der Waals surface area contributed by atoms with Gasteiger partial charge in [0.15, 0.2) is 0 Å². The van der Waals surface area contributed by atoms with E-state index in [1.807, 2.05) is 17.0 Å². The second kappa shape index (κ2) is 5.32. The number of piperazine rings is 1. The molecule has 2 aliphatic heterocycles. The van der Waals surface area contributed by atoms with Crippen LogP contribution in [0.1, 0.15) is 18.4 Å². The number of methoxy groups -OCH3 is 1. The molecular formula is C15H21N3O2. The lowest BCUT2D eigenvalue weighted by atomic mass is 10.1. The van der Waals surface area contributed by atoms with Crippen molar-refractivity contribution in [3.8, 4) is 5.75 Å². The lowest BCUT2D eigenvalue weighted by molar-refractivity contribution is -0.130. The number of amides is 1. The molecule has 0 radical (unpaired) electrons. The van der Waals surface area contributed by atoms with Crippen molar-refractivity contribution in [2.24, 2.45) is 0 Å². The molecule has 108 valence electrons. The van der Waals surface area contributed by atoms with Gasteiger partial charge in [0.25, 0.3) is 0 Å². The summed E-state index contributed by atoms with van der Waals surface area (Å²) in [5.41, 5.74) is 7.82. The van der Waals surface area contributed by atoms with Gasteiger partial charge in [0, 0.05) is 38.6 Å². The predicted molar refractivity (Wildman–Crippen MR) is 77.4 cm³/mol. The average Bonchev–Trinajstić information content (AvgIpc) is 2.80. The molecule has 1 aromatic rings. The first-order chi connectivity index (χ1) is 9.67. The zero-order valence-electron chi connectivity index (χ0n) is 11.8. The number of benzene rings is 1. The largest absolute Gasteiger partial charge is 0.495 e. The quantitative estimate of drug-likeness (QED) is 0.839. The van der Waals surface area contributed by atoms with E-state index in [0.717, 1.165) is 38.3 Å². The van der Waals surface area contributed by atoms with Crippen LogP contribution in [0.2, 0.25) is 0 Å². The van der Waals surface area contributed by atoms with Crippen molar-refractivity contribution < 1.29 is 9.53 Å². The number of carbonyl (C=O) groups is 1. The van der Waals surface area contributed by atoms with Crippen LogP contribution >= 0.6 is 0 Å². The molecule has 1 amide bonds. The topological polar surface area (TPSA) is 58.8 Å². The first-order valence-electron chi connectivity index (χ1n) is 7.11. The van der Waals surface area contributed by atoms with Crippen molar-refractivity contribution in [3.63, 3.8) is 0 Å². The number of fused-ring (bicyclic) bond motifs is 1. The Hall–Kier alpha value is -1.75. The highest BCUT2D eigenvalue weighted by Crippen LogP contribution is 2.26. The lowest BCUT2D eigenvalue weighted by Gasteiger charge is -2.37. The molecule has 5 heteroatoms. The van der Waals surface area contributed by atoms with Gasteiger partial charge in [0.05, 0.1) is 12.8 Å². The third-order valence-electron chi connectivity index (χ3n) is 4.28. The first kappa shape index (κ1) is 13.2. The number of nitrogens with zero attached hydrogens (tertiary/aromatic N) is 2. The summed E-state index contributed by atoms with van der Waals surface area (Å²) < 4.78 is 5.18. The number of nitrogen functional groups attached to an aromatic ring is 1. The summed E-state index contributed by atoms with van der Waals surface area (Å²) in [7, 11) is 1.63. The van der Waals surface area contributed by atoms with Gasteiger partial charge in [-0.25, -0.2) is 0 Å². The molecule has 20 heavy (non-hydrogen) atoms.